The third-order valence-electron chi connectivity index (χ3n) is 4.93. The van der Waals surface area contributed by atoms with Crippen molar-refractivity contribution in [3.05, 3.63) is 58.1 Å². The Morgan fingerprint density at radius 3 is 2.36 bits per heavy atom. The van der Waals surface area contributed by atoms with Crippen molar-refractivity contribution in [1.82, 2.24) is 9.80 Å². The SMILES string of the molecule is COc1ccc(N2CCN(C(=O)CN(C)Cc3ccc(Cl)cc3Cl)CC2)cc1. The molecule has 28 heavy (non-hydrogen) atoms. The van der Waals surface area contributed by atoms with Crippen molar-refractivity contribution in [2.24, 2.45) is 0 Å². The van der Waals surface area contributed by atoms with Gasteiger partial charge in [-0.05, 0) is 49.0 Å². The second-order valence-electron chi connectivity index (χ2n) is 6.97. The molecule has 150 valence electrons. The molecule has 1 amide bonds. The molecule has 0 aromatic heterocycles. The first-order valence-corrected chi connectivity index (χ1v) is 10.0. The molecule has 0 unspecified atom stereocenters. The minimum absolute atomic E-state index is 0.141. The van der Waals surface area contributed by atoms with Gasteiger partial charge >= 0.3 is 0 Å². The van der Waals surface area contributed by atoms with E-state index in [1.807, 2.05) is 41.1 Å². The summed E-state index contributed by atoms with van der Waals surface area (Å²) >= 11 is 12.2. The minimum atomic E-state index is 0.141. The van der Waals surface area contributed by atoms with Gasteiger partial charge in [0.2, 0.25) is 5.91 Å². The number of ether oxygens (including phenoxy) is 1. The highest BCUT2D eigenvalue weighted by atomic mass is 35.5. The van der Waals surface area contributed by atoms with E-state index in [2.05, 4.69) is 17.0 Å². The topological polar surface area (TPSA) is 36.0 Å². The van der Waals surface area contributed by atoms with Gasteiger partial charge in [-0.15, -0.1) is 0 Å². The largest absolute Gasteiger partial charge is 0.497 e. The molecule has 0 atom stereocenters. The predicted molar refractivity (Wildman–Crippen MR) is 115 cm³/mol. The molecule has 0 spiro atoms. The Hall–Kier alpha value is -1.95. The maximum atomic E-state index is 12.7. The zero-order valence-electron chi connectivity index (χ0n) is 16.2. The molecule has 0 radical (unpaired) electrons. The van der Waals surface area contributed by atoms with Crippen LogP contribution in [0.1, 0.15) is 5.56 Å². The number of anilines is 1. The summed E-state index contributed by atoms with van der Waals surface area (Å²) in [6.07, 6.45) is 0. The molecule has 1 fully saturated rings. The van der Waals surface area contributed by atoms with Crippen LogP contribution >= 0.6 is 23.2 Å². The van der Waals surface area contributed by atoms with Crippen LogP contribution in [0, 0.1) is 0 Å². The molecule has 2 aromatic carbocycles. The molecule has 7 heteroatoms. The average molecular weight is 422 g/mol. The number of nitrogens with zero attached hydrogens (tertiary/aromatic N) is 3. The number of piperazine rings is 1. The first-order valence-electron chi connectivity index (χ1n) is 9.25. The zero-order valence-corrected chi connectivity index (χ0v) is 17.7. The third-order valence-corrected chi connectivity index (χ3v) is 5.52. The predicted octanol–water partition coefficient (Wildman–Crippen LogP) is 3.78. The van der Waals surface area contributed by atoms with E-state index in [1.165, 1.54) is 0 Å². The van der Waals surface area contributed by atoms with Crippen LogP contribution in [0.25, 0.3) is 0 Å². The van der Waals surface area contributed by atoms with Gasteiger partial charge in [0.15, 0.2) is 0 Å². The highest BCUT2D eigenvalue weighted by molar-refractivity contribution is 6.35. The lowest BCUT2D eigenvalue weighted by molar-refractivity contribution is -0.132. The van der Waals surface area contributed by atoms with Crippen LogP contribution < -0.4 is 9.64 Å². The van der Waals surface area contributed by atoms with Crippen LogP contribution in [0.2, 0.25) is 10.0 Å². The smallest absolute Gasteiger partial charge is 0.236 e. The molecular weight excluding hydrogens is 397 g/mol. The second kappa shape index (κ2) is 9.50. The van der Waals surface area contributed by atoms with Crippen molar-refractivity contribution >= 4 is 34.8 Å². The molecule has 0 N–H and O–H groups in total. The fraction of sp³-hybridized carbons (Fsp3) is 0.381. The molecule has 1 saturated heterocycles. The highest BCUT2D eigenvalue weighted by Gasteiger charge is 2.22. The molecule has 0 aliphatic carbocycles. The van der Waals surface area contributed by atoms with E-state index in [4.69, 9.17) is 27.9 Å². The lowest BCUT2D eigenvalue weighted by Crippen LogP contribution is -2.51. The van der Waals surface area contributed by atoms with Gasteiger partial charge in [-0.1, -0.05) is 29.3 Å². The van der Waals surface area contributed by atoms with E-state index in [0.717, 1.165) is 43.2 Å². The number of amides is 1. The highest BCUT2D eigenvalue weighted by Crippen LogP contribution is 2.22. The summed E-state index contributed by atoms with van der Waals surface area (Å²) in [7, 11) is 3.59. The lowest BCUT2D eigenvalue weighted by atomic mass is 10.2. The normalized spacial score (nSPS) is 14.5. The third kappa shape index (κ3) is 5.31. The van der Waals surface area contributed by atoms with E-state index in [-0.39, 0.29) is 5.91 Å². The number of carbonyl (C=O) groups excluding carboxylic acids is 1. The summed E-state index contributed by atoms with van der Waals surface area (Å²) in [4.78, 5) is 18.9. The number of halogens is 2. The molecule has 1 heterocycles. The van der Waals surface area contributed by atoms with E-state index in [0.29, 0.717) is 23.1 Å². The summed E-state index contributed by atoms with van der Waals surface area (Å²) < 4.78 is 5.21. The Morgan fingerprint density at radius 2 is 1.75 bits per heavy atom. The number of likely N-dealkylation sites (N-methyl/N-ethyl adjacent to an activating group) is 1. The fourth-order valence-corrected chi connectivity index (χ4v) is 3.80. The van der Waals surface area contributed by atoms with Crippen molar-refractivity contribution < 1.29 is 9.53 Å². The molecule has 5 nitrogen and oxygen atoms in total. The van der Waals surface area contributed by atoms with Crippen molar-refractivity contribution in [3.8, 4) is 5.75 Å². The minimum Gasteiger partial charge on any atom is -0.497 e. The van der Waals surface area contributed by atoms with Gasteiger partial charge < -0.3 is 14.5 Å². The van der Waals surface area contributed by atoms with Crippen molar-refractivity contribution in [1.29, 1.82) is 0 Å². The Morgan fingerprint density at radius 1 is 1.07 bits per heavy atom. The van der Waals surface area contributed by atoms with Gasteiger partial charge in [0, 0.05) is 48.5 Å². The first kappa shape index (κ1) is 20.8. The monoisotopic (exact) mass is 421 g/mol. The number of hydrogen-bond acceptors (Lipinski definition) is 4. The summed E-state index contributed by atoms with van der Waals surface area (Å²) in [6, 6.07) is 13.5. The maximum absolute atomic E-state index is 12.7. The summed E-state index contributed by atoms with van der Waals surface area (Å²) in [5.74, 6) is 0.989. The first-order chi connectivity index (χ1) is 13.5. The average Bonchev–Trinajstić information content (AvgIpc) is 2.70. The standard InChI is InChI=1S/C21H25Cl2N3O2/c1-24(14-16-3-4-17(22)13-20(16)23)15-21(27)26-11-9-25(10-12-26)18-5-7-19(28-2)8-6-18/h3-8,13H,9-12,14-15H2,1-2H3. The number of carbonyl (C=O) groups is 1. The Bertz CT molecular complexity index is 806. The van der Waals surface area contributed by atoms with Crippen molar-refractivity contribution in [3.63, 3.8) is 0 Å². The van der Waals surface area contributed by atoms with Crippen LogP contribution in [-0.4, -0.2) is 62.6 Å². The molecule has 1 aliphatic rings. The van der Waals surface area contributed by atoms with Gasteiger partial charge in [-0.2, -0.15) is 0 Å². The quantitative estimate of drug-likeness (QED) is 0.710. The van der Waals surface area contributed by atoms with Crippen LogP contribution in [-0.2, 0) is 11.3 Å². The van der Waals surface area contributed by atoms with Gasteiger partial charge in [0.25, 0.3) is 0 Å². The summed E-state index contributed by atoms with van der Waals surface area (Å²) in [5, 5.41) is 1.24. The van der Waals surface area contributed by atoms with E-state index in [9.17, 15) is 4.79 Å². The van der Waals surface area contributed by atoms with Crippen LogP contribution in [0.4, 0.5) is 5.69 Å². The molecular formula is C21H25Cl2N3O2. The van der Waals surface area contributed by atoms with E-state index >= 15 is 0 Å². The number of benzene rings is 2. The van der Waals surface area contributed by atoms with Crippen molar-refractivity contribution in [2.75, 3.05) is 51.8 Å². The van der Waals surface area contributed by atoms with Crippen molar-refractivity contribution in [2.45, 2.75) is 6.54 Å². The van der Waals surface area contributed by atoms with Gasteiger partial charge in [0.1, 0.15) is 5.75 Å². The van der Waals surface area contributed by atoms with Crippen LogP contribution in [0.15, 0.2) is 42.5 Å². The lowest BCUT2D eigenvalue weighted by Gasteiger charge is -2.36. The molecule has 2 aromatic rings. The Kier molecular flexibility index (Phi) is 7.05. The molecule has 1 aliphatic heterocycles. The fourth-order valence-electron chi connectivity index (χ4n) is 3.33. The van der Waals surface area contributed by atoms with Gasteiger partial charge in [-0.3, -0.25) is 9.69 Å². The second-order valence-corrected chi connectivity index (χ2v) is 7.82. The zero-order chi connectivity index (χ0) is 20.1. The number of rotatable bonds is 6. The van der Waals surface area contributed by atoms with E-state index in [1.54, 1.807) is 13.2 Å². The van der Waals surface area contributed by atoms with Crippen LogP contribution in [0.3, 0.4) is 0 Å². The van der Waals surface area contributed by atoms with Gasteiger partial charge in [-0.25, -0.2) is 0 Å². The summed E-state index contributed by atoms with van der Waals surface area (Å²) in [5.41, 5.74) is 2.12. The maximum Gasteiger partial charge on any atom is 0.236 e. The van der Waals surface area contributed by atoms with Crippen LogP contribution in [0.5, 0.6) is 5.75 Å². The molecule has 0 bridgehead atoms. The number of hydrogen-bond donors (Lipinski definition) is 0. The Labute approximate surface area is 176 Å². The molecule has 0 saturated carbocycles. The Balaban J connectivity index is 1.49. The van der Waals surface area contributed by atoms with Gasteiger partial charge in [0.05, 0.1) is 13.7 Å². The summed E-state index contributed by atoms with van der Waals surface area (Å²) in [6.45, 7) is 4.06. The number of methoxy groups -OCH3 is 1. The molecule has 3 rings (SSSR count). The van der Waals surface area contributed by atoms with E-state index < -0.39 is 0 Å².